The van der Waals surface area contributed by atoms with Gasteiger partial charge >= 0.3 is 0 Å². The molecule has 196 valence electrons. The van der Waals surface area contributed by atoms with Gasteiger partial charge in [0.2, 0.25) is 11.8 Å². The number of primary amides is 1. The lowest BCUT2D eigenvalue weighted by atomic mass is 9.99. The van der Waals surface area contributed by atoms with E-state index in [4.69, 9.17) is 27.3 Å². The first kappa shape index (κ1) is 27.3. The van der Waals surface area contributed by atoms with Crippen molar-refractivity contribution in [2.45, 2.75) is 51.2 Å². The molecule has 0 saturated heterocycles. The maximum absolute atomic E-state index is 13.3. The minimum Gasteiger partial charge on any atom is -0.488 e. The summed E-state index contributed by atoms with van der Waals surface area (Å²) in [7, 11) is 0. The van der Waals surface area contributed by atoms with Gasteiger partial charge in [-0.2, -0.15) is 0 Å². The lowest BCUT2D eigenvalue weighted by molar-refractivity contribution is -0.124. The van der Waals surface area contributed by atoms with E-state index in [1.807, 2.05) is 0 Å². The highest BCUT2D eigenvalue weighted by atomic mass is 16.5. The molecule has 0 aliphatic carbocycles. The summed E-state index contributed by atoms with van der Waals surface area (Å²) in [5, 5.41) is 13.1. The molecular formula is C26H32N6O5. The highest BCUT2D eigenvalue weighted by Gasteiger charge is 2.25. The Kier molecular flexibility index (Phi) is 9.33. The second-order valence-corrected chi connectivity index (χ2v) is 8.88. The van der Waals surface area contributed by atoms with E-state index in [9.17, 15) is 19.2 Å². The van der Waals surface area contributed by atoms with E-state index in [0.717, 1.165) is 0 Å². The molecule has 1 heterocycles. The van der Waals surface area contributed by atoms with E-state index < -0.39 is 23.8 Å². The summed E-state index contributed by atoms with van der Waals surface area (Å²) in [6, 6.07) is 8.63. The van der Waals surface area contributed by atoms with Crippen LogP contribution in [0.15, 0.2) is 36.4 Å². The van der Waals surface area contributed by atoms with Crippen molar-refractivity contribution in [3.05, 3.63) is 58.7 Å². The van der Waals surface area contributed by atoms with Crippen LogP contribution in [0.3, 0.4) is 0 Å². The van der Waals surface area contributed by atoms with Crippen molar-refractivity contribution in [1.29, 1.82) is 5.41 Å². The van der Waals surface area contributed by atoms with Crippen LogP contribution in [0.5, 0.6) is 5.75 Å². The van der Waals surface area contributed by atoms with Gasteiger partial charge in [-0.25, -0.2) is 0 Å². The molecule has 0 radical (unpaired) electrons. The van der Waals surface area contributed by atoms with Crippen LogP contribution in [0.1, 0.15) is 63.9 Å². The van der Waals surface area contributed by atoms with E-state index in [-0.39, 0.29) is 54.4 Å². The number of nitrogens with two attached hydrogens (primary N) is 3. The van der Waals surface area contributed by atoms with Crippen LogP contribution < -0.4 is 32.6 Å². The van der Waals surface area contributed by atoms with Gasteiger partial charge < -0.3 is 32.6 Å². The van der Waals surface area contributed by atoms with Gasteiger partial charge in [-0.1, -0.05) is 12.1 Å². The molecule has 3 rings (SSSR count). The Labute approximate surface area is 214 Å². The summed E-state index contributed by atoms with van der Waals surface area (Å²) in [5.74, 6) is -1.70. The molecule has 11 nitrogen and oxygen atoms in total. The number of nitrogens with one attached hydrogen (secondary N) is 3. The van der Waals surface area contributed by atoms with Crippen LogP contribution in [-0.2, 0) is 22.6 Å². The summed E-state index contributed by atoms with van der Waals surface area (Å²) < 4.78 is 5.97. The van der Waals surface area contributed by atoms with Gasteiger partial charge in [-0.05, 0) is 55.6 Å². The highest BCUT2D eigenvalue weighted by Crippen LogP contribution is 2.26. The number of ketones is 1. The predicted octanol–water partition coefficient (Wildman–Crippen LogP) is 1.37. The largest absolute Gasteiger partial charge is 0.488 e. The summed E-state index contributed by atoms with van der Waals surface area (Å²) in [6.07, 6.45) is 1.63. The first-order chi connectivity index (χ1) is 17.7. The zero-order valence-electron chi connectivity index (χ0n) is 20.5. The maximum Gasteiger partial charge on any atom is 0.255 e. The lowest BCUT2D eigenvalue weighted by Crippen LogP contribution is -2.41. The van der Waals surface area contributed by atoms with E-state index in [0.29, 0.717) is 42.6 Å². The molecule has 2 aromatic rings. The molecule has 1 aliphatic rings. The fraction of sp³-hybridized carbons (Fsp3) is 0.346. The smallest absolute Gasteiger partial charge is 0.255 e. The van der Waals surface area contributed by atoms with Crippen molar-refractivity contribution >= 4 is 35.0 Å². The Morgan fingerprint density at radius 3 is 2.54 bits per heavy atom. The van der Waals surface area contributed by atoms with Crippen molar-refractivity contribution in [1.82, 2.24) is 5.32 Å². The molecule has 1 aliphatic heterocycles. The van der Waals surface area contributed by atoms with Gasteiger partial charge in [0.1, 0.15) is 12.4 Å². The first-order valence-corrected chi connectivity index (χ1v) is 12.0. The van der Waals surface area contributed by atoms with E-state index in [2.05, 4.69) is 10.6 Å². The van der Waals surface area contributed by atoms with Crippen LogP contribution in [0.2, 0.25) is 0 Å². The number of amidine groups is 1. The van der Waals surface area contributed by atoms with Gasteiger partial charge in [0.05, 0.1) is 17.4 Å². The number of carbonyl (C=O) groups is 4. The number of fused-ring (bicyclic) bond motifs is 2. The minimum atomic E-state index is -0.812. The maximum atomic E-state index is 13.3. The molecular weight excluding hydrogens is 476 g/mol. The lowest BCUT2D eigenvalue weighted by Gasteiger charge is -2.21. The zero-order chi connectivity index (χ0) is 26.9. The molecule has 0 bridgehead atoms. The second-order valence-electron chi connectivity index (χ2n) is 8.88. The van der Waals surface area contributed by atoms with Gasteiger partial charge in [-0.15, -0.1) is 0 Å². The molecule has 37 heavy (non-hydrogen) atoms. The second kappa shape index (κ2) is 12.6. The quantitative estimate of drug-likeness (QED) is 0.184. The van der Waals surface area contributed by atoms with Gasteiger partial charge in [-0.3, -0.25) is 24.6 Å². The molecule has 0 spiro atoms. The zero-order valence-corrected chi connectivity index (χ0v) is 20.5. The van der Waals surface area contributed by atoms with Crippen molar-refractivity contribution in [2.75, 3.05) is 11.9 Å². The Morgan fingerprint density at radius 1 is 1.05 bits per heavy atom. The average Bonchev–Trinajstić information content (AvgIpc) is 2.85. The van der Waals surface area contributed by atoms with Crippen molar-refractivity contribution in [3.8, 4) is 5.75 Å². The minimum absolute atomic E-state index is 0.0279. The van der Waals surface area contributed by atoms with Crippen LogP contribution in [-0.4, -0.2) is 41.9 Å². The fourth-order valence-corrected chi connectivity index (χ4v) is 4.00. The molecule has 1 unspecified atom stereocenters. The summed E-state index contributed by atoms with van der Waals surface area (Å²) in [6.45, 7) is 0.425. The molecule has 0 aromatic heterocycles. The third-order valence-corrected chi connectivity index (χ3v) is 5.97. The van der Waals surface area contributed by atoms with Crippen LogP contribution in [0.25, 0.3) is 0 Å². The van der Waals surface area contributed by atoms with Crippen LogP contribution >= 0.6 is 0 Å². The fourth-order valence-electron chi connectivity index (χ4n) is 4.00. The molecule has 2 aromatic carbocycles. The number of ether oxygens (including phenoxy) is 1. The van der Waals surface area contributed by atoms with Gasteiger partial charge in [0.25, 0.3) is 5.91 Å². The molecule has 0 saturated carbocycles. The third kappa shape index (κ3) is 7.61. The topological polar surface area (TPSA) is 203 Å². The number of amides is 3. The molecule has 11 heteroatoms. The normalized spacial score (nSPS) is 16.4. The summed E-state index contributed by atoms with van der Waals surface area (Å²) in [5.41, 5.74) is 18.4. The molecule has 0 fully saturated rings. The number of hydrogen-bond donors (Lipinski definition) is 6. The molecule has 9 N–H and O–H groups in total. The number of hydrogen-bond acceptors (Lipinski definition) is 7. The van der Waals surface area contributed by atoms with Crippen molar-refractivity contribution < 1.29 is 23.9 Å². The van der Waals surface area contributed by atoms with Gasteiger partial charge in [0, 0.05) is 36.1 Å². The SMILES string of the molecule is N=C(N)Cc1ccc2c(c1)C(=O)NC(CCCCN)C(=O)CCC(=O)Nc1cc(C(N)=O)ccc1CO2. The Balaban J connectivity index is 2.02. The number of benzene rings is 2. The van der Waals surface area contributed by atoms with Crippen LogP contribution in [0.4, 0.5) is 5.69 Å². The number of anilines is 1. The molecule has 1 atom stereocenters. The third-order valence-electron chi connectivity index (χ3n) is 5.97. The Morgan fingerprint density at radius 2 is 1.84 bits per heavy atom. The number of Topliss-reactive ketones (excluding diaryl/α,β-unsaturated/α-hetero) is 1. The van der Waals surface area contributed by atoms with Gasteiger partial charge in [0.15, 0.2) is 5.78 Å². The summed E-state index contributed by atoms with van der Waals surface area (Å²) in [4.78, 5) is 50.7. The predicted molar refractivity (Wildman–Crippen MR) is 138 cm³/mol. The monoisotopic (exact) mass is 508 g/mol. The Bertz CT molecular complexity index is 1210. The number of carbonyl (C=O) groups excluding carboxylic acids is 4. The van der Waals surface area contributed by atoms with E-state index in [1.54, 1.807) is 24.3 Å². The average molecular weight is 509 g/mol. The molecule has 3 amide bonds. The van der Waals surface area contributed by atoms with Crippen LogP contribution in [0, 0.1) is 5.41 Å². The van der Waals surface area contributed by atoms with Crippen molar-refractivity contribution in [2.24, 2.45) is 17.2 Å². The summed E-state index contributed by atoms with van der Waals surface area (Å²) >= 11 is 0. The standard InChI is InChI=1S/C26H32N6O5/c27-10-2-1-3-19-21(33)7-9-24(34)31-20-13-16(25(30)35)5-6-17(20)14-37-22-8-4-15(12-23(28)29)11-18(22)26(36)32-19/h4-6,8,11,13,19H,1-3,7,9-10,12,14,27H2,(H3,28,29)(H2,30,35)(H,31,34)(H,32,36). The van der Waals surface area contributed by atoms with E-state index in [1.165, 1.54) is 12.1 Å². The number of rotatable bonds is 7. The highest BCUT2D eigenvalue weighted by molar-refractivity contribution is 6.02. The van der Waals surface area contributed by atoms with Crippen molar-refractivity contribution in [3.63, 3.8) is 0 Å². The van der Waals surface area contributed by atoms with E-state index >= 15 is 0 Å². The first-order valence-electron chi connectivity index (χ1n) is 12.0. The number of unbranched alkanes of at least 4 members (excludes halogenated alkanes) is 1. The Hall–Kier alpha value is -4.25.